The number of benzene rings is 2. The topological polar surface area (TPSA) is 81.8 Å². The summed E-state index contributed by atoms with van der Waals surface area (Å²) >= 11 is 12.2. The number of carbonyl (C=O) groups is 1. The molecule has 0 N–H and O–H groups in total. The van der Waals surface area contributed by atoms with Crippen molar-refractivity contribution in [2.24, 2.45) is 4.99 Å². The van der Waals surface area contributed by atoms with Crippen molar-refractivity contribution in [2.75, 3.05) is 0 Å². The number of esters is 1. The molecule has 0 spiro atoms. The number of ether oxygens (including phenoxy) is 1. The lowest BCUT2D eigenvalue weighted by Crippen LogP contribution is -2.06. The summed E-state index contributed by atoms with van der Waals surface area (Å²) in [4.78, 5) is 26.4. The quantitative estimate of drug-likeness (QED) is 0.328. The van der Waals surface area contributed by atoms with Gasteiger partial charge in [-0.2, -0.15) is 0 Å². The molecule has 0 amide bonds. The van der Waals surface area contributed by atoms with Gasteiger partial charge in [0.15, 0.2) is 5.70 Å². The third-order valence-electron chi connectivity index (χ3n) is 3.39. The third-order valence-corrected chi connectivity index (χ3v) is 3.94. The van der Waals surface area contributed by atoms with Crippen molar-refractivity contribution >= 4 is 46.8 Å². The van der Waals surface area contributed by atoms with Gasteiger partial charge in [0.1, 0.15) is 0 Å². The van der Waals surface area contributed by atoms with Crippen LogP contribution >= 0.6 is 23.2 Å². The van der Waals surface area contributed by atoms with Crippen LogP contribution in [0.3, 0.4) is 0 Å². The Balaban J connectivity index is 1.93. The lowest BCUT2D eigenvalue weighted by atomic mass is 10.2. The summed E-state index contributed by atoms with van der Waals surface area (Å²) in [5.74, 6) is -0.832. The highest BCUT2D eigenvalue weighted by Crippen LogP contribution is 2.27. The molecule has 0 saturated heterocycles. The van der Waals surface area contributed by atoms with Crippen LogP contribution in [0.2, 0.25) is 5.02 Å². The lowest BCUT2D eigenvalue weighted by Gasteiger charge is -2.02. The maximum absolute atomic E-state index is 12.0. The molecule has 6 nitrogen and oxygen atoms in total. The summed E-state index contributed by atoms with van der Waals surface area (Å²) in [7, 11) is 0. The van der Waals surface area contributed by atoms with Gasteiger partial charge in [-0.3, -0.25) is 10.1 Å². The van der Waals surface area contributed by atoms with E-state index in [2.05, 4.69) is 4.99 Å². The molecule has 0 aromatic heterocycles. The van der Waals surface area contributed by atoms with Crippen molar-refractivity contribution in [3.8, 4) is 0 Å². The number of aliphatic imine (C=N–C) groups is 1. The Labute approximate surface area is 158 Å². The number of nitro groups is 1. The molecule has 130 valence electrons. The van der Waals surface area contributed by atoms with E-state index < -0.39 is 10.9 Å². The SMILES string of the molecule is O=C1OC(c2cc([N+](=O)[O-])ccc2Cl)=NC1=CC(Cl)=Cc1ccccc1. The predicted octanol–water partition coefficient (Wildman–Crippen LogP) is 4.72. The van der Waals surface area contributed by atoms with E-state index in [4.69, 9.17) is 27.9 Å². The number of rotatable bonds is 4. The molecule has 0 atom stereocenters. The minimum atomic E-state index is -0.720. The van der Waals surface area contributed by atoms with Gasteiger partial charge >= 0.3 is 5.97 Å². The monoisotopic (exact) mass is 388 g/mol. The minimum absolute atomic E-state index is 0.0280. The standard InChI is InChI=1S/C18H10Cl2N2O4/c19-12(8-11-4-2-1-3-5-11)9-16-18(23)26-17(21-16)14-10-13(22(24)25)6-7-15(14)20/h1-10H. The number of hydrogen-bond donors (Lipinski definition) is 0. The molecule has 26 heavy (non-hydrogen) atoms. The van der Waals surface area contributed by atoms with Gasteiger partial charge in [0, 0.05) is 17.2 Å². The van der Waals surface area contributed by atoms with Crippen molar-refractivity contribution in [1.82, 2.24) is 0 Å². The first kappa shape index (κ1) is 17.8. The first-order chi connectivity index (χ1) is 12.4. The van der Waals surface area contributed by atoms with Crippen molar-refractivity contribution < 1.29 is 14.5 Å². The van der Waals surface area contributed by atoms with Crippen LogP contribution in [0.15, 0.2) is 70.3 Å². The van der Waals surface area contributed by atoms with E-state index in [0.29, 0.717) is 0 Å². The Kier molecular flexibility index (Phi) is 5.16. The molecule has 1 heterocycles. The van der Waals surface area contributed by atoms with E-state index >= 15 is 0 Å². The summed E-state index contributed by atoms with van der Waals surface area (Å²) in [6, 6.07) is 13.1. The number of nitro benzene ring substituents is 1. The highest BCUT2D eigenvalue weighted by atomic mass is 35.5. The van der Waals surface area contributed by atoms with E-state index in [9.17, 15) is 14.9 Å². The zero-order chi connectivity index (χ0) is 18.7. The van der Waals surface area contributed by atoms with Gasteiger partial charge in [0.25, 0.3) is 5.69 Å². The number of nitrogens with zero attached hydrogens (tertiary/aromatic N) is 2. The van der Waals surface area contributed by atoms with Gasteiger partial charge in [-0.15, -0.1) is 0 Å². The zero-order valence-electron chi connectivity index (χ0n) is 13.1. The average molecular weight is 389 g/mol. The number of carbonyl (C=O) groups excluding carboxylic acids is 1. The van der Waals surface area contributed by atoms with E-state index in [-0.39, 0.29) is 32.9 Å². The molecule has 0 radical (unpaired) electrons. The largest absolute Gasteiger partial charge is 0.402 e. The van der Waals surface area contributed by atoms with E-state index in [1.165, 1.54) is 24.3 Å². The van der Waals surface area contributed by atoms with Crippen LogP contribution in [-0.4, -0.2) is 16.8 Å². The molecular weight excluding hydrogens is 379 g/mol. The molecule has 1 aliphatic rings. The highest BCUT2D eigenvalue weighted by molar-refractivity contribution is 6.35. The van der Waals surface area contributed by atoms with Crippen LogP contribution in [0.4, 0.5) is 5.69 Å². The number of allylic oxidation sites excluding steroid dienone is 2. The molecule has 0 saturated carbocycles. The first-order valence-electron chi connectivity index (χ1n) is 7.33. The second-order valence-corrected chi connectivity index (χ2v) is 6.04. The molecule has 2 aromatic carbocycles. The lowest BCUT2D eigenvalue weighted by molar-refractivity contribution is -0.384. The van der Waals surface area contributed by atoms with Crippen LogP contribution in [0.1, 0.15) is 11.1 Å². The van der Waals surface area contributed by atoms with E-state index in [0.717, 1.165) is 5.56 Å². The molecule has 0 bridgehead atoms. The van der Waals surface area contributed by atoms with Gasteiger partial charge in [-0.25, -0.2) is 9.79 Å². The van der Waals surface area contributed by atoms with Gasteiger partial charge < -0.3 is 4.74 Å². The second-order valence-electron chi connectivity index (χ2n) is 5.20. The maximum Gasteiger partial charge on any atom is 0.363 e. The fraction of sp³-hybridized carbons (Fsp3) is 0. The molecule has 3 rings (SSSR count). The summed E-state index contributed by atoms with van der Waals surface area (Å²) < 4.78 is 5.08. The van der Waals surface area contributed by atoms with Crippen LogP contribution in [-0.2, 0) is 9.53 Å². The van der Waals surface area contributed by atoms with Crippen LogP contribution in [0.25, 0.3) is 6.08 Å². The smallest absolute Gasteiger partial charge is 0.363 e. The van der Waals surface area contributed by atoms with Crippen molar-refractivity contribution in [1.29, 1.82) is 0 Å². The Morgan fingerprint density at radius 2 is 1.92 bits per heavy atom. The van der Waals surface area contributed by atoms with Gasteiger partial charge in [0.05, 0.1) is 15.5 Å². The molecule has 8 heteroatoms. The second kappa shape index (κ2) is 7.51. The molecule has 0 unspecified atom stereocenters. The Hall–Kier alpha value is -2.96. The zero-order valence-corrected chi connectivity index (χ0v) is 14.6. The maximum atomic E-state index is 12.0. The fourth-order valence-electron chi connectivity index (χ4n) is 2.20. The Morgan fingerprint density at radius 1 is 1.19 bits per heavy atom. The van der Waals surface area contributed by atoms with E-state index in [1.807, 2.05) is 30.3 Å². The Morgan fingerprint density at radius 3 is 2.62 bits per heavy atom. The van der Waals surface area contributed by atoms with Crippen molar-refractivity contribution in [3.63, 3.8) is 0 Å². The van der Waals surface area contributed by atoms with Crippen molar-refractivity contribution in [2.45, 2.75) is 0 Å². The summed E-state index contributed by atoms with van der Waals surface area (Å²) in [6.45, 7) is 0. The Bertz CT molecular complexity index is 982. The van der Waals surface area contributed by atoms with Crippen LogP contribution in [0, 0.1) is 10.1 Å². The third kappa shape index (κ3) is 3.99. The van der Waals surface area contributed by atoms with Gasteiger partial charge in [-0.1, -0.05) is 53.5 Å². The minimum Gasteiger partial charge on any atom is -0.402 e. The molecule has 0 fully saturated rings. The molecule has 1 aliphatic heterocycles. The summed E-state index contributed by atoms with van der Waals surface area (Å²) in [6.07, 6.45) is 3.02. The van der Waals surface area contributed by atoms with Crippen molar-refractivity contribution in [3.05, 3.63) is 91.6 Å². The van der Waals surface area contributed by atoms with Crippen LogP contribution in [0.5, 0.6) is 0 Å². The molecule has 2 aromatic rings. The average Bonchev–Trinajstić information content (AvgIpc) is 2.96. The first-order valence-corrected chi connectivity index (χ1v) is 8.09. The van der Waals surface area contributed by atoms with Crippen LogP contribution < -0.4 is 0 Å². The fourth-order valence-corrected chi connectivity index (χ4v) is 2.62. The molecular formula is C18H10Cl2N2O4. The van der Waals surface area contributed by atoms with E-state index in [1.54, 1.807) is 6.08 Å². The highest BCUT2D eigenvalue weighted by Gasteiger charge is 2.27. The normalized spacial score (nSPS) is 15.8. The number of hydrogen-bond acceptors (Lipinski definition) is 5. The predicted molar refractivity (Wildman–Crippen MR) is 99.1 cm³/mol. The van der Waals surface area contributed by atoms with Gasteiger partial charge in [-0.05, 0) is 23.8 Å². The summed E-state index contributed by atoms with van der Waals surface area (Å²) in [5.41, 5.74) is 0.787. The number of halogens is 2. The number of non-ortho nitro benzene ring substituents is 1. The summed E-state index contributed by atoms with van der Waals surface area (Å²) in [5, 5.41) is 11.4. The number of cyclic esters (lactones) is 1. The molecule has 0 aliphatic carbocycles. The van der Waals surface area contributed by atoms with Gasteiger partial charge in [0.2, 0.25) is 5.90 Å².